The minimum absolute atomic E-state index is 0.232. The van der Waals surface area contributed by atoms with Gasteiger partial charge in [-0.3, -0.25) is 9.48 Å². The Hall–Kier alpha value is -2.08. The third kappa shape index (κ3) is 2.85. The molecule has 0 bridgehead atoms. The summed E-state index contributed by atoms with van der Waals surface area (Å²) < 4.78 is 3.48. The highest BCUT2D eigenvalue weighted by atomic mass is 16.3. The molecule has 19 heavy (non-hydrogen) atoms. The zero-order chi connectivity index (χ0) is 13.8. The van der Waals surface area contributed by atoms with E-state index in [2.05, 4.69) is 10.4 Å². The molecule has 2 N–H and O–H groups in total. The Bertz CT molecular complexity index is 545. The molecule has 1 atom stereocenters. The van der Waals surface area contributed by atoms with Gasteiger partial charge in [0.05, 0.1) is 12.3 Å². The van der Waals surface area contributed by atoms with Gasteiger partial charge in [0.2, 0.25) is 0 Å². The largest absolute Gasteiger partial charge is 0.391 e. The molecular formula is C13H18N4O2. The number of aromatic nitrogens is 3. The molecule has 2 aromatic heterocycles. The Labute approximate surface area is 111 Å². The monoisotopic (exact) mass is 262 g/mol. The smallest absolute Gasteiger partial charge is 0.256 e. The second kappa shape index (κ2) is 5.71. The zero-order valence-corrected chi connectivity index (χ0v) is 11.1. The van der Waals surface area contributed by atoms with Gasteiger partial charge in [-0.15, -0.1) is 0 Å². The summed E-state index contributed by atoms with van der Waals surface area (Å²) in [5, 5.41) is 16.3. The Morgan fingerprint density at radius 1 is 1.47 bits per heavy atom. The lowest BCUT2D eigenvalue weighted by Gasteiger charge is -2.10. The van der Waals surface area contributed by atoms with Crippen LogP contribution in [-0.4, -0.2) is 38.0 Å². The van der Waals surface area contributed by atoms with Crippen molar-refractivity contribution in [1.29, 1.82) is 0 Å². The van der Waals surface area contributed by atoms with E-state index in [-0.39, 0.29) is 12.5 Å². The maximum Gasteiger partial charge on any atom is 0.256 e. The maximum absolute atomic E-state index is 12.1. The van der Waals surface area contributed by atoms with E-state index >= 15 is 0 Å². The van der Waals surface area contributed by atoms with E-state index in [9.17, 15) is 9.90 Å². The van der Waals surface area contributed by atoms with Gasteiger partial charge in [0, 0.05) is 26.0 Å². The Balaban J connectivity index is 2.19. The molecule has 6 heteroatoms. The van der Waals surface area contributed by atoms with Crippen LogP contribution in [0.4, 0.5) is 0 Å². The number of aryl methyl sites for hydroxylation is 1. The molecule has 0 aliphatic heterocycles. The summed E-state index contributed by atoms with van der Waals surface area (Å²) in [6.07, 6.45) is 5.33. The predicted octanol–water partition coefficient (Wildman–Crippen LogP) is 0.711. The van der Waals surface area contributed by atoms with Crippen molar-refractivity contribution in [3.8, 4) is 5.82 Å². The Morgan fingerprint density at radius 3 is 2.79 bits per heavy atom. The van der Waals surface area contributed by atoms with Gasteiger partial charge < -0.3 is 15.0 Å². The van der Waals surface area contributed by atoms with Gasteiger partial charge in [-0.25, -0.2) is 0 Å². The molecule has 1 amide bonds. The van der Waals surface area contributed by atoms with Crippen LogP contribution in [0.25, 0.3) is 5.82 Å². The quantitative estimate of drug-likeness (QED) is 0.833. The first-order chi connectivity index (χ1) is 9.13. The molecular weight excluding hydrogens is 244 g/mol. The van der Waals surface area contributed by atoms with Crippen molar-refractivity contribution in [3.05, 3.63) is 36.3 Å². The van der Waals surface area contributed by atoms with Crippen molar-refractivity contribution in [2.24, 2.45) is 7.05 Å². The molecule has 2 rings (SSSR count). The number of hydrogen-bond acceptors (Lipinski definition) is 3. The summed E-state index contributed by atoms with van der Waals surface area (Å²) in [6, 6.07) is 3.77. The molecule has 0 aliphatic carbocycles. The van der Waals surface area contributed by atoms with Gasteiger partial charge in [-0.1, -0.05) is 6.92 Å². The van der Waals surface area contributed by atoms with Gasteiger partial charge in [-0.05, 0) is 18.6 Å². The lowest BCUT2D eigenvalue weighted by atomic mass is 10.2. The molecule has 2 aromatic rings. The summed E-state index contributed by atoms with van der Waals surface area (Å²) >= 11 is 0. The van der Waals surface area contributed by atoms with Crippen molar-refractivity contribution < 1.29 is 9.90 Å². The van der Waals surface area contributed by atoms with E-state index in [4.69, 9.17) is 0 Å². The van der Waals surface area contributed by atoms with E-state index in [1.807, 2.05) is 36.0 Å². The van der Waals surface area contributed by atoms with Gasteiger partial charge in [0.25, 0.3) is 5.91 Å². The number of carbonyl (C=O) groups is 1. The van der Waals surface area contributed by atoms with Gasteiger partial charge in [0.1, 0.15) is 11.4 Å². The first-order valence-electron chi connectivity index (χ1n) is 6.25. The van der Waals surface area contributed by atoms with Crippen molar-refractivity contribution in [2.45, 2.75) is 19.4 Å². The minimum atomic E-state index is -0.518. The number of amides is 1. The third-order valence-corrected chi connectivity index (χ3v) is 2.97. The van der Waals surface area contributed by atoms with Gasteiger partial charge >= 0.3 is 0 Å². The maximum atomic E-state index is 12.1. The fraction of sp³-hybridized carbons (Fsp3) is 0.385. The van der Waals surface area contributed by atoms with Crippen LogP contribution in [0.3, 0.4) is 0 Å². The lowest BCUT2D eigenvalue weighted by molar-refractivity contribution is 0.0914. The van der Waals surface area contributed by atoms with E-state index in [0.29, 0.717) is 17.8 Å². The second-order valence-electron chi connectivity index (χ2n) is 4.37. The number of aliphatic hydroxyl groups excluding tert-OH is 1. The van der Waals surface area contributed by atoms with Crippen molar-refractivity contribution in [3.63, 3.8) is 0 Å². The van der Waals surface area contributed by atoms with E-state index in [1.54, 1.807) is 11.7 Å². The summed E-state index contributed by atoms with van der Waals surface area (Å²) in [5.74, 6) is 0.470. The van der Waals surface area contributed by atoms with Crippen molar-refractivity contribution >= 4 is 5.91 Å². The van der Waals surface area contributed by atoms with Crippen LogP contribution in [0.2, 0.25) is 0 Å². The van der Waals surface area contributed by atoms with Crippen LogP contribution in [0.5, 0.6) is 0 Å². The molecule has 0 spiro atoms. The number of aliphatic hydroxyl groups is 1. The summed E-state index contributed by atoms with van der Waals surface area (Å²) in [5.41, 5.74) is 0.488. The number of hydrogen-bond donors (Lipinski definition) is 2. The molecule has 0 saturated carbocycles. The normalized spacial score (nSPS) is 12.4. The fourth-order valence-corrected chi connectivity index (χ4v) is 1.82. The minimum Gasteiger partial charge on any atom is -0.391 e. The standard InChI is InChI=1S/C13H18N4O2/c1-3-10(18)8-14-12(19)11-9-15-16(2)13(11)17-6-4-5-7-17/h4-7,9-10,18H,3,8H2,1-2H3,(H,14,19). The second-order valence-corrected chi connectivity index (χ2v) is 4.37. The van der Waals surface area contributed by atoms with Crippen molar-refractivity contribution in [1.82, 2.24) is 19.7 Å². The molecule has 0 radical (unpaired) electrons. The molecule has 0 aliphatic rings. The number of carbonyl (C=O) groups excluding carboxylic acids is 1. The average molecular weight is 262 g/mol. The number of rotatable bonds is 5. The number of nitrogens with zero attached hydrogens (tertiary/aromatic N) is 3. The highest BCUT2D eigenvalue weighted by Gasteiger charge is 2.17. The van der Waals surface area contributed by atoms with E-state index in [1.165, 1.54) is 6.20 Å². The van der Waals surface area contributed by atoms with Gasteiger partial charge in [-0.2, -0.15) is 5.10 Å². The molecule has 1 unspecified atom stereocenters. The van der Waals surface area contributed by atoms with Crippen LogP contribution in [0.1, 0.15) is 23.7 Å². The summed E-state index contributed by atoms with van der Waals surface area (Å²) in [7, 11) is 1.78. The first-order valence-corrected chi connectivity index (χ1v) is 6.25. The van der Waals surface area contributed by atoms with E-state index < -0.39 is 6.10 Å². The zero-order valence-electron chi connectivity index (χ0n) is 11.1. The average Bonchev–Trinajstić information content (AvgIpc) is 3.04. The lowest BCUT2D eigenvalue weighted by Crippen LogP contribution is -2.32. The predicted molar refractivity (Wildman–Crippen MR) is 71.2 cm³/mol. The van der Waals surface area contributed by atoms with Crippen LogP contribution in [0.15, 0.2) is 30.7 Å². The Kier molecular flexibility index (Phi) is 4.01. The van der Waals surface area contributed by atoms with Gasteiger partial charge in [0.15, 0.2) is 0 Å². The molecule has 0 aromatic carbocycles. The van der Waals surface area contributed by atoms with Crippen LogP contribution in [-0.2, 0) is 7.05 Å². The van der Waals surface area contributed by atoms with Crippen LogP contribution in [0, 0.1) is 0 Å². The third-order valence-electron chi connectivity index (χ3n) is 2.97. The molecule has 6 nitrogen and oxygen atoms in total. The molecule has 2 heterocycles. The topological polar surface area (TPSA) is 72.1 Å². The highest BCUT2D eigenvalue weighted by molar-refractivity contribution is 5.97. The first kappa shape index (κ1) is 13.4. The highest BCUT2D eigenvalue weighted by Crippen LogP contribution is 2.13. The van der Waals surface area contributed by atoms with Crippen LogP contribution >= 0.6 is 0 Å². The van der Waals surface area contributed by atoms with Crippen molar-refractivity contribution in [2.75, 3.05) is 6.54 Å². The fourth-order valence-electron chi connectivity index (χ4n) is 1.82. The summed E-state index contributed by atoms with van der Waals surface area (Å²) in [6.45, 7) is 2.11. The SMILES string of the molecule is CCC(O)CNC(=O)c1cnn(C)c1-n1cccc1. The van der Waals surface area contributed by atoms with Crippen LogP contribution < -0.4 is 5.32 Å². The number of nitrogens with one attached hydrogen (secondary N) is 1. The molecule has 102 valence electrons. The van der Waals surface area contributed by atoms with E-state index in [0.717, 1.165) is 0 Å². The molecule has 0 saturated heterocycles. The summed E-state index contributed by atoms with van der Waals surface area (Å²) in [4.78, 5) is 12.1. The molecule has 0 fully saturated rings. The Morgan fingerprint density at radius 2 is 2.16 bits per heavy atom.